The highest BCUT2D eigenvalue weighted by molar-refractivity contribution is 6.42. The third-order valence-corrected chi connectivity index (χ3v) is 2.86. The Bertz CT molecular complexity index is 472. The highest BCUT2D eigenvalue weighted by Crippen LogP contribution is 2.28. The van der Waals surface area contributed by atoms with Gasteiger partial charge in [-0.15, -0.1) is 0 Å². The van der Waals surface area contributed by atoms with E-state index in [0.29, 0.717) is 10.0 Å². The number of nitrogens with zero attached hydrogens (tertiary/aromatic N) is 1. The zero-order valence-electron chi connectivity index (χ0n) is 8.44. The van der Waals surface area contributed by atoms with Crippen molar-refractivity contribution >= 4 is 34.2 Å². The van der Waals surface area contributed by atoms with Gasteiger partial charge >= 0.3 is 0 Å². The number of H-pyrrole nitrogens is 1. The van der Waals surface area contributed by atoms with E-state index >= 15 is 0 Å². The second-order valence-electron chi connectivity index (χ2n) is 4.09. The van der Waals surface area contributed by atoms with Crippen LogP contribution in [-0.4, -0.2) is 9.97 Å². The summed E-state index contributed by atoms with van der Waals surface area (Å²) in [5.41, 5.74) is 7.06. The molecule has 15 heavy (non-hydrogen) atoms. The van der Waals surface area contributed by atoms with Crippen molar-refractivity contribution in [3.8, 4) is 0 Å². The molecule has 0 aliphatic carbocycles. The van der Waals surface area contributed by atoms with Crippen LogP contribution in [-0.2, 0) is 5.54 Å². The Hall–Kier alpha value is -0.770. The van der Waals surface area contributed by atoms with Gasteiger partial charge in [-0.3, -0.25) is 0 Å². The van der Waals surface area contributed by atoms with Gasteiger partial charge in [0.1, 0.15) is 5.82 Å². The van der Waals surface area contributed by atoms with Gasteiger partial charge in [0.2, 0.25) is 0 Å². The van der Waals surface area contributed by atoms with E-state index in [2.05, 4.69) is 9.97 Å². The molecule has 1 aromatic carbocycles. The Balaban J connectivity index is 2.66. The van der Waals surface area contributed by atoms with Crippen molar-refractivity contribution in [3.63, 3.8) is 0 Å². The minimum Gasteiger partial charge on any atom is -0.340 e. The monoisotopic (exact) mass is 243 g/mol. The summed E-state index contributed by atoms with van der Waals surface area (Å²) in [5.74, 6) is 0.718. The highest BCUT2D eigenvalue weighted by Gasteiger charge is 2.19. The molecule has 2 rings (SSSR count). The van der Waals surface area contributed by atoms with E-state index in [1.165, 1.54) is 0 Å². The Morgan fingerprint density at radius 3 is 2.47 bits per heavy atom. The van der Waals surface area contributed by atoms with Crippen molar-refractivity contribution < 1.29 is 0 Å². The second-order valence-corrected chi connectivity index (χ2v) is 4.90. The summed E-state index contributed by atoms with van der Waals surface area (Å²) in [6.45, 7) is 3.77. The number of benzene rings is 1. The number of rotatable bonds is 1. The molecule has 0 fully saturated rings. The maximum atomic E-state index is 5.94. The number of fused-ring (bicyclic) bond motifs is 1. The highest BCUT2D eigenvalue weighted by atomic mass is 35.5. The molecule has 0 unspecified atom stereocenters. The average Bonchev–Trinajstić information content (AvgIpc) is 2.47. The first-order chi connectivity index (χ1) is 6.88. The minimum absolute atomic E-state index is 0.497. The normalized spacial score (nSPS) is 12.3. The van der Waals surface area contributed by atoms with Gasteiger partial charge in [0.25, 0.3) is 0 Å². The zero-order valence-corrected chi connectivity index (χ0v) is 9.95. The van der Waals surface area contributed by atoms with E-state index in [4.69, 9.17) is 28.9 Å². The maximum absolute atomic E-state index is 5.94. The van der Waals surface area contributed by atoms with Crippen molar-refractivity contribution in [2.24, 2.45) is 5.73 Å². The van der Waals surface area contributed by atoms with Crippen LogP contribution in [0.1, 0.15) is 19.7 Å². The molecule has 0 bridgehead atoms. The van der Waals surface area contributed by atoms with Crippen LogP contribution in [0.15, 0.2) is 12.1 Å². The average molecular weight is 244 g/mol. The van der Waals surface area contributed by atoms with Crippen LogP contribution in [0.5, 0.6) is 0 Å². The van der Waals surface area contributed by atoms with E-state index < -0.39 is 5.54 Å². The summed E-state index contributed by atoms with van der Waals surface area (Å²) in [7, 11) is 0. The van der Waals surface area contributed by atoms with Crippen LogP contribution in [0.3, 0.4) is 0 Å². The lowest BCUT2D eigenvalue weighted by Crippen LogP contribution is -2.30. The molecule has 80 valence electrons. The third kappa shape index (κ3) is 1.95. The van der Waals surface area contributed by atoms with Crippen molar-refractivity contribution in [1.29, 1.82) is 0 Å². The Morgan fingerprint density at radius 1 is 1.27 bits per heavy atom. The molecule has 5 heteroatoms. The number of aromatic amines is 1. The zero-order chi connectivity index (χ0) is 11.2. The lowest BCUT2D eigenvalue weighted by molar-refractivity contribution is 0.522. The van der Waals surface area contributed by atoms with Gasteiger partial charge < -0.3 is 10.7 Å². The number of hydrogen-bond acceptors (Lipinski definition) is 2. The minimum atomic E-state index is -0.502. The van der Waals surface area contributed by atoms with E-state index in [1.54, 1.807) is 12.1 Å². The largest absolute Gasteiger partial charge is 0.340 e. The summed E-state index contributed by atoms with van der Waals surface area (Å²) < 4.78 is 0. The summed E-state index contributed by atoms with van der Waals surface area (Å²) >= 11 is 11.8. The van der Waals surface area contributed by atoms with Crippen LogP contribution in [0.2, 0.25) is 10.0 Å². The fourth-order valence-corrected chi connectivity index (χ4v) is 1.63. The predicted octanol–water partition coefficient (Wildman–Crippen LogP) is 3.06. The Kier molecular flexibility index (Phi) is 2.41. The fraction of sp³-hybridized carbons (Fsp3) is 0.300. The number of halogens is 2. The van der Waals surface area contributed by atoms with Gasteiger partial charge in [0.05, 0.1) is 26.6 Å². The van der Waals surface area contributed by atoms with Crippen LogP contribution in [0, 0.1) is 0 Å². The maximum Gasteiger partial charge on any atom is 0.126 e. The SMILES string of the molecule is CC(C)(N)c1nc2cc(Cl)c(Cl)cc2[nH]1. The van der Waals surface area contributed by atoms with Gasteiger partial charge in [-0.1, -0.05) is 23.2 Å². The molecule has 2 aromatic rings. The van der Waals surface area contributed by atoms with E-state index in [9.17, 15) is 0 Å². The summed E-state index contributed by atoms with van der Waals surface area (Å²) in [6.07, 6.45) is 0. The first kappa shape index (κ1) is 10.7. The van der Waals surface area contributed by atoms with Crippen molar-refractivity contribution in [2.45, 2.75) is 19.4 Å². The smallest absolute Gasteiger partial charge is 0.126 e. The summed E-state index contributed by atoms with van der Waals surface area (Å²) in [4.78, 5) is 7.49. The van der Waals surface area contributed by atoms with Crippen LogP contribution >= 0.6 is 23.2 Å². The van der Waals surface area contributed by atoms with Crippen LogP contribution in [0.25, 0.3) is 11.0 Å². The van der Waals surface area contributed by atoms with Crippen molar-refractivity contribution in [3.05, 3.63) is 28.0 Å². The second kappa shape index (κ2) is 3.37. The Labute approximate surface area is 97.6 Å². The first-order valence-electron chi connectivity index (χ1n) is 4.52. The molecule has 0 atom stereocenters. The number of hydrogen-bond donors (Lipinski definition) is 2. The molecule has 3 N–H and O–H groups in total. The van der Waals surface area contributed by atoms with Gasteiger partial charge in [-0.05, 0) is 26.0 Å². The standard InChI is InChI=1S/C10H11Cl2N3/c1-10(2,13)9-14-7-3-5(11)6(12)4-8(7)15-9/h3-4H,13H2,1-2H3,(H,14,15). The number of aromatic nitrogens is 2. The first-order valence-corrected chi connectivity index (χ1v) is 5.27. The van der Waals surface area contributed by atoms with Crippen molar-refractivity contribution in [1.82, 2.24) is 9.97 Å². The molecule has 0 spiro atoms. The van der Waals surface area contributed by atoms with Gasteiger partial charge in [0.15, 0.2) is 0 Å². The predicted molar refractivity (Wildman–Crippen MR) is 63.3 cm³/mol. The molecule has 1 aromatic heterocycles. The fourth-order valence-electron chi connectivity index (χ4n) is 1.31. The summed E-state index contributed by atoms with van der Waals surface area (Å²) in [5, 5.41) is 1.01. The molecule has 3 nitrogen and oxygen atoms in total. The molecule has 0 aliphatic heterocycles. The number of nitrogens with one attached hydrogen (secondary N) is 1. The van der Waals surface area contributed by atoms with Crippen molar-refractivity contribution in [2.75, 3.05) is 0 Å². The quantitative estimate of drug-likeness (QED) is 0.809. The molecule has 0 radical (unpaired) electrons. The number of imidazole rings is 1. The van der Waals surface area contributed by atoms with E-state index in [-0.39, 0.29) is 0 Å². The van der Waals surface area contributed by atoms with Gasteiger partial charge in [-0.25, -0.2) is 4.98 Å². The molecular formula is C10H11Cl2N3. The van der Waals surface area contributed by atoms with Crippen LogP contribution < -0.4 is 5.73 Å². The molecule has 0 saturated carbocycles. The van der Waals surface area contributed by atoms with Crippen LogP contribution in [0.4, 0.5) is 0 Å². The van der Waals surface area contributed by atoms with E-state index in [0.717, 1.165) is 16.9 Å². The topological polar surface area (TPSA) is 54.7 Å². The Morgan fingerprint density at radius 2 is 1.87 bits per heavy atom. The van der Waals surface area contributed by atoms with Gasteiger partial charge in [0, 0.05) is 0 Å². The van der Waals surface area contributed by atoms with Gasteiger partial charge in [-0.2, -0.15) is 0 Å². The molecular weight excluding hydrogens is 233 g/mol. The lowest BCUT2D eigenvalue weighted by Gasteiger charge is -2.13. The van der Waals surface area contributed by atoms with E-state index in [1.807, 2.05) is 13.8 Å². The molecule has 0 saturated heterocycles. The molecule has 1 heterocycles. The molecule has 0 aliphatic rings. The summed E-state index contributed by atoms with van der Waals surface area (Å²) in [6, 6.07) is 3.48. The molecule has 0 amide bonds. The lowest BCUT2D eigenvalue weighted by atomic mass is 10.1. The number of nitrogens with two attached hydrogens (primary N) is 1. The third-order valence-electron chi connectivity index (χ3n) is 2.13.